The first-order chi connectivity index (χ1) is 14.1. The van der Waals surface area contributed by atoms with Gasteiger partial charge in [0.2, 0.25) is 0 Å². The third-order valence-corrected chi connectivity index (χ3v) is 6.57. The molecule has 0 bridgehead atoms. The summed E-state index contributed by atoms with van der Waals surface area (Å²) in [4.78, 5) is 0. The van der Waals surface area contributed by atoms with Crippen LogP contribution in [-0.2, 0) is 10.8 Å². The quantitative estimate of drug-likeness (QED) is 0.289. The van der Waals surface area contributed by atoms with E-state index < -0.39 is 6.23 Å². The molecule has 1 atom stereocenters. The Morgan fingerprint density at radius 2 is 1.60 bits per heavy atom. The molecule has 3 nitrogen and oxygen atoms in total. The normalized spacial score (nSPS) is 13.2. The molecule has 2 N–H and O–H groups in total. The van der Waals surface area contributed by atoms with Gasteiger partial charge in [0, 0.05) is 16.3 Å². The Balaban J connectivity index is 1.99. The largest absolute Gasteiger partial charge is 0.493 e. The Labute approximate surface area is 187 Å². The highest BCUT2D eigenvalue weighted by Gasteiger charge is 2.26. The van der Waals surface area contributed by atoms with Crippen LogP contribution in [0.25, 0.3) is 0 Å². The minimum atomic E-state index is -0.617. The van der Waals surface area contributed by atoms with Gasteiger partial charge in [0.1, 0.15) is 12.0 Å². The minimum absolute atomic E-state index is 0.0464. The molecule has 2 aromatic carbocycles. The molecular formula is C26H38ClNO2. The molecule has 0 aromatic heterocycles. The molecule has 0 heterocycles. The van der Waals surface area contributed by atoms with E-state index in [1.807, 2.05) is 12.1 Å². The minimum Gasteiger partial charge on any atom is -0.493 e. The Morgan fingerprint density at radius 1 is 0.967 bits per heavy atom. The van der Waals surface area contributed by atoms with Gasteiger partial charge in [-0.05, 0) is 72.4 Å². The molecule has 0 saturated carbocycles. The fraction of sp³-hybridized carbons (Fsp3) is 0.538. The van der Waals surface area contributed by atoms with E-state index in [-0.39, 0.29) is 10.8 Å². The van der Waals surface area contributed by atoms with Crippen LogP contribution in [0.1, 0.15) is 78.4 Å². The van der Waals surface area contributed by atoms with E-state index in [1.54, 1.807) is 12.1 Å². The summed E-state index contributed by atoms with van der Waals surface area (Å²) in [6, 6.07) is 14.0. The topological polar surface area (TPSA) is 41.5 Å². The number of halogens is 1. The standard InChI is InChI=1S/C26H38ClNO2/c1-7-25(3,4)19-11-16-23(22(18-19)26(5,6)8-2)30-17-9-10-24(29)28-21-14-12-20(27)13-15-21/h11-16,18,24,28-29H,7-10,17H2,1-6H3. The van der Waals surface area contributed by atoms with Crippen molar-refractivity contribution in [2.75, 3.05) is 11.9 Å². The molecule has 0 aliphatic carbocycles. The number of rotatable bonds is 11. The van der Waals surface area contributed by atoms with Gasteiger partial charge < -0.3 is 15.2 Å². The first-order valence-corrected chi connectivity index (χ1v) is 11.4. The molecule has 0 spiro atoms. The Hall–Kier alpha value is -1.71. The lowest BCUT2D eigenvalue weighted by molar-refractivity contribution is 0.177. The monoisotopic (exact) mass is 431 g/mol. The Bertz CT molecular complexity index is 799. The highest BCUT2D eigenvalue weighted by Crippen LogP contribution is 2.38. The average Bonchev–Trinajstić information content (AvgIpc) is 2.72. The van der Waals surface area contributed by atoms with E-state index in [1.165, 1.54) is 11.1 Å². The van der Waals surface area contributed by atoms with Gasteiger partial charge >= 0.3 is 0 Å². The molecule has 0 radical (unpaired) electrons. The molecule has 1 unspecified atom stereocenters. The molecule has 0 saturated heterocycles. The molecule has 0 aliphatic rings. The Morgan fingerprint density at radius 3 is 2.20 bits per heavy atom. The van der Waals surface area contributed by atoms with E-state index >= 15 is 0 Å². The van der Waals surface area contributed by atoms with Crippen molar-refractivity contribution < 1.29 is 9.84 Å². The highest BCUT2D eigenvalue weighted by molar-refractivity contribution is 6.30. The first-order valence-electron chi connectivity index (χ1n) is 11.1. The van der Waals surface area contributed by atoms with Crippen LogP contribution >= 0.6 is 11.6 Å². The smallest absolute Gasteiger partial charge is 0.124 e. The summed E-state index contributed by atoms with van der Waals surface area (Å²) in [6.07, 6.45) is 2.89. The van der Waals surface area contributed by atoms with Crippen LogP contribution in [0.5, 0.6) is 5.75 Å². The van der Waals surface area contributed by atoms with Crippen molar-refractivity contribution >= 4 is 17.3 Å². The second kappa shape index (κ2) is 10.5. The highest BCUT2D eigenvalue weighted by atomic mass is 35.5. The summed E-state index contributed by atoms with van der Waals surface area (Å²) in [5, 5.41) is 14.0. The Kier molecular flexibility index (Phi) is 8.63. The number of anilines is 1. The summed E-state index contributed by atoms with van der Waals surface area (Å²) in [6.45, 7) is 14.2. The van der Waals surface area contributed by atoms with Gasteiger partial charge in [-0.3, -0.25) is 0 Å². The summed E-state index contributed by atoms with van der Waals surface area (Å²) in [7, 11) is 0. The van der Waals surface area contributed by atoms with Crippen molar-refractivity contribution in [1.82, 2.24) is 0 Å². The predicted molar refractivity (Wildman–Crippen MR) is 129 cm³/mol. The number of ether oxygens (including phenoxy) is 1. The molecule has 0 fully saturated rings. The average molecular weight is 432 g/mol. The van der Waals surface area contributed by atoms with Crippen molar-refractivity contribution in [3.05, 3.63) is 58.6 Å². The molecule has 30 heavy (non-hydrogen) atoms. The lowest BCUT2D eigenvalue weighted by Crippen LogP contribution is -2.22. The van der Waals surface area contributed by atoms with E-state index in [4.69, 9.17) is 16.3 Å². The maximum atomic E-state index is 10.2. The summed E-state index contributed by atoms with van der Waals surface area (Å²) < 4.78 is 6.19. The van der Waals surface area contributed by atoms with Crippen molar-refractivity contribution in [2.24, 2.45) is 0 Å². The number of benzene rings is 2. The van der Waals surface area contributed by atoms with Gasteiger partial charge in [-0.15, -0.1) is 0 Å². The van der Waals surface area contributed by atoms with Crippen LogP contribution in [-0.4, -0.2) is 17.9 Å². The van der Waals surface area contributed by atoms with Crippen LogP contribution in [0.4, 0.5) is 5.69 Å². The van der Waals surface area contributed by atoms with Crippen LogP contribution in [0, 0.1) is 0 Å². The fourth-order valence-electron chi connectivity index (χ4n) is 3.27. The fourth-order valence-corrected chi connectivity index (χ4v) is 3.40. The number of aliphatic hydroxyl groups is 1. The summed E-state index contributed by atoms with van der Waals surface area (Å²) in [5.41, 5.74) is 3.67. The molecule has 4 heteroatoms. The maximum Gasteiger partial charge on any atom is 0.124 e. The third kappa shape index (κ3) is 6.65. The second-order valence-electron chi connectivity index (χ2n) is 9.34. The van der Waals surface area contributed by atoms with Gasteiger partial charge in [0.15, 0.2) is 0 Å². The van der Waals surface area contributed by atoms with Crippen molar-refractivity contribution in [1.29, 1.82) is 0 Å². The molecule has 0 amide bonds. The number of aliphatic hydroxyl groups excluding tert-OH is 1. The number of hydrogen-bond acceptors (Lipinski definition) is 3. The first kappa shape index (κ1) is 24.6. The van der Waals surface area contributed by atoms with Gasteiger partial charge in [0.05, 0.1) is 6.61 Å². The van der Waals surface area contributed by atoms with Gasteiger partial charge in [-0.1, -0.05) is 65.3 Å². The molecule has 2 aromatic rings. The second-order valence-corrected chi connectivity index (χ2v) is 9.78. The number of hydrogen-bond donors (Lipinski definition) is 2. The van der Waals surface area contributed by atoms with E-state index in [2.05, 4.69) is 65.1 Å². The number of nitrogens with one attached hydrogen (secondary N) is 1. The van der Waals surface area contributed by atoms with Gasteiger partial charge in [-0.25, -0.2) is 0 Å². The zero-order valence-electron chi connectivity index (χ0n) is 19.4. The third-order valence-electron chi connectivity index (χ3n) is 6.31. The van der Waals surface area contributed by atoms with Crippen molar-refractivity contribution in [3.63, 3.8) is 0 Å². The van der Waals surface area contributed by atoms with Crippen LogP contribution < -0.4 is 10.1 Å². The zero-order valence-corrected chi connectivity index (χ0v) is 20.1. The van der Waals surface area contributed by atoms with Crippen LogP contribution in [0.3, 0.4) is 0 Å². The van der Waals surface area contributed by atoms with E-state index in [9.17, 15) is 5.11 Å². The lowest BCUT2D eigenvalue weighted by Gasteiger charge is -2.30. The predicted octanol–water partition coefficient (Wildman–Crippen LogP) is 7.30. The van der Waals surface area contributed by atoms with E-state index in [0.717, 1.165) is 30.7 Å². The zero-order chi connectivity index (χ0) is 22.4. The van der Waals surface area contributed by atoms with Gasteiger partial charge in [0.25, 0.3) is 0 Å². The van der Waals surface area contributed by atoms with Crippen molar-refractivity contribution in [3.8, 4) is 5.75 Å². The van der Waals surface area contributed by atoms with Crippen molar-refractivity contribution in [2.45, 2.75) is 84.3 Å². The lowest BCUT2D eigenvalue weighted by atomic mass is 9.76. The summed E-state index contributed by atoms with van der Waals surface area (Å²) in [5.74, 6) is 0.956. The van der Waals surface area contributed by atoms with E-state index in [0.29, 0.717) is 18.1 Å². The van der Waals surface area contributed by atoms with Gasteiger partial charge in [-0.2, -0.15) is 0 Å². The maximum absolute atomic E-state index is 10.2. The summed E-state index contributed by atoms with van der Waals surface area (Å²) >= 11 is 5.90. The van der Waals surface area contributed by atoms with Crippen LogP contribution in [0.2, 0.25) is 5.02 Å². The van der Waals surface area contributed by atoms with Crippen LogP contribution in [0.15, 0.2) is 42.5 Å². The molecule has 166 valence electrons. The molecule has 0 aliphatic heterocycles. The molecular weight excluding hydrogens is 394 g/mol. The molecule has 2 rings (SSSR count). The SMILES string of the molecule is CCC(C)(C)c1ccc(OCCCC(O)Nc2ccc(Cl)cc2)c(C(C)(C)CC)c1.